The summed E-state index contributed by atoms with van der Waals surface area (Å²) in [5.41, 5.74) is 0.802. The van der Waals surface area contributed by atoms with Gasteiger partial charge in [-0.2, -0.15) is 0 Å². The first-order valence-corrected chi connectivity index (χ1v) is 16.4. The van der Waals surface area contributed by atoms with E-state index in [4.69, 9.17) is 14.2 Å². The van der Waals surface area contributed by atoms with Crippen LogP contribution in [0.1, 0.15) is 79.3 Å². The Morgan fingerprint density at radius 3 is 2.04 bits per heavy atom. The second kappa shape index (κ2) is 13.6. The number of ether oxygens (including phenoxy) is 3. The Bertz CT molecular complexity index is 1430. The molecule has 0 aliphatic heterocycles. The van der Waals surface area contributed by atoms with E-state index in [9.17, 15) is 29.4 Å². The van der Waals surface area contributed by atoms with Crippen molar-refractivity contribution in [1.82, 2.24) is 4.90 Å². The topological polar surface area (TPSA) is 140 Å². The molecule has 3 aliphatic rings. The zero-order valence-corrected chi connectivity index (χ0v) is 29.1. The Labute approximate surface area is 278 Å². The fourth-order valence-corrected chi connectivity index (χ4v) is 8.68. The van der Waals surface area contributed by atoms with E-state index in [1.807, 2.05) is 56.0 Å². The van der Waals surface area contributed by atoms with Crippen LogP contribution in [0.5, 0.6) is 0 Å². The molecule has 2 bridgehead atoms. The second-order valence-electron chi connectivity index (χ2n) is 14.6. The second-order valence-corrected chi connectivity index (χ2v) is 14.6. The number of hydrogen-bond donors (Lipinski definition) is 2. The van der Waals surface area contributed by atoms with Crippen LogP contribution in [0.15, 0.2) is 53.6 Å². The molecule has 1 aromatic carbocycles. The summed E-state index contributed by atoms with van der Waals surface area (Å²) in [5.74, 6) is -3.73. The molecule has 3 unspecified atom stereocenters. The summed E-state index contributed by atoms with van der Waals surface area (Å²) in [6.45, 7) is 16.0. The number of aliphatic hydroxyl groups excluding tert-OH is 2. The summed E-state index contributed by atoms with van der Waals surface area (Å²) >= 11 is 0. The largest absolute Gasteiger partial charge is 0.458 e. The number of carbonyl (C=O) groups is 4. The number of likely N-dealkylation sites (N-methyl/N-ethyl adjacent to an activating group) is 1. The van der Waals surface area contributed by atoms with Crippen LogP contribution in [-0.4, -0.2) is 83.4 Å². The lowest BCUT2D eigenvalue weighted by molar-refractivity contribution is -0.185. The SMILES string of the molecule is C=C1[C@@H](C(=O)C(OC(C)=O)C(c2ccccc2)N(C)C)CC(O)[C@]2(C)[C@@H]1C[C@@H]1C[C@H](OC(C)=O)C(C)=C([C@@H](OC(C)=O)[C@@H]2O)C1(C)C. The van der Waals surface area contributed by atoms with Crippen LogP contribution in [-0.2, 0) is 33.4 Å². The van der Waals surface area contributed by atoms with Gasteiger partial charge < -0.3 is 24.4 Å². The van der Waals surface area contributed by atoms with E-state index < -0.39 is 77.1 Å². The number of aliphatic hydroxyl groups is 2. The first-order chi connectivity index (χ1) is 21.8. The van der Waals surface area contributed by atoms with E-state index >= 15 is 0 Å². The van der Waals surface area contributed by atoms with Crippen molar-refractivity contribution in [1.29, 1.82) is 0 Å². The number of allylic oxidation sites excluding steroid dienone is 1. The number of fused-ring (bicyclic) bond motifs is 3. The van der Waals surface area contributed by atoms with Crippen molar-refractivity contribution in [2.75, 3.05) is 14.1 Å². The standard InChI is InChI=1S/C37H51NO9/c1-19-26(32(43)34(47-23(5)41)31(38(9)10)24-14-12-11-13-15-24)18-29(42)37(8)27(19)16-25-17-28(45-21(3)39)20(2)30(36(25,6)7)33(35(37)44)46-22(4)40/h11-15,25-29,31,33-35,42,44H,1,16-18H2,2-10H3/t25-,26+,27-,28+,29?,31?,33-,34?,35+,37+/m1/s1. The summed E-state index contributed by atoms with van der Waals surface area (Å²) in [7, 11) is 3.61. The van der Waals surface area contributed by atoms with Crippen molar-refractivity contribution in [3.63, 3.8) is 0 Å². The van der Waals surface area contributed by atoms with E-state index in [0.717, 1.165) is 5.56 Å². The van der Waals surface area contributed by atoms with Crippen LogP contribution in [0.4, 0.5) is 0 Å². The average molecular weight is 654 g/mol. The average Bonchev–Trinajstić information content (AvgIpc) is 2.97. The highest BCUT2D eigenvalue weighted by atomic mass is 16.6. The van der Waals surface area contributed by atoms with E-state index in [-0.39, 0.29) is 18.1 Å². The van der Waals surface area contributed by atoms with Crippen LogP contribution < -0.4 is 0 Å². The van der Waals surface area contributed by atoms with Gasteiger partial charge in [-0.25, -0.2) is 0 Å². The van der Waals surface area contributed by atoms with Crippen molar-refractivity contribution < 1.29 is 43.6 Å². The van der Waals surface area contributed by atoms with Gasteiger partial charge in [0.05, 0.1) is 12.1 Å². The number of ketones is 1. The molecule has 2 N–H and O–H groups in total. The summed E-state index contributed by atoms with van der Waals surface area (Å²) in [5, 5.41) is 24.3. The first-order valence-electron chi connectivity index (χ1n) is 16.4. The maximum absolute atomic E-state index is 14.6. The molecule has 10 nitrogen and oxygen atoms in total. The number of rotatable bonds is 8. The number of nitrogens with zero attached hydrogens (tertiary/aromatic N) is 1. The Morgan fingerprint density at radius 1 is 0.915 bits per heavy atom. The molecule has 2 fully saturated rings. The molecule has 0 aromatic heterocycles. The third-order valence-electron chi connectivity index (χ3n) is 11.2. The predicted molar refractivity (Wildman–Crippen MR) is 175 cm³/mol. The fourth-order valence-electron chi connectivity index (χ4n) is 8.68. The molecule has 0 amide bonds. The van der Waals surface area contributed by atoms with Crippen LogP contribution in [0, 0.1) is 28.6 Å². The van der Waals surface area contributed by atoms with Crippen LogP contribution in [0.3, 0.4) is 0 Å². The van der Waals surface area contributed by atoms with Gasteiger partial charge in [-0.15, -0.1) is 0 Å². The molecule has 2 saturated carbocycles. The Hall–Kier alpha value is -3.34. The van der Waals surface area contributed by atoms with E-state index in [1.54, 1.807) is 21.0 Å². The molecule has 10 heteroatoms. The van der Waals surface area contributed by atoms with Gasteiger partial charge in [0.2, 0.25) is 0 Å². The normalized spacial score (nSPS) is 33.1. The number of esters is 3. The highest BCUT2D eigenvalue weighted by Crippen LogP contribution is 2.60. The first kappa shape index (κ1) is 36.5. The van der Waals surface area contributed by atoms with Gasteiger partial charge in [0.15, 0.2) is 18.0 Å². The number of carbonyl (C=O) groups excluding carboxylic acids is 4. The van der Waals surface area contributed by atoms with Crippen LogP contribution in [0.2, 0.25) is 0 Å². The number of hydrogen-bond acceptors (Lipinski definition) is 10. The predicted octanol–water partition coefficient (Wildman–Crippen LogP) is 4.34. The minimum absolute atomic E-state index is 0.0661. The fraction of sp³-hybridized carbons (Fsp3) is 0.622. The zero-order valence-electron chi connectivity index (χ0n) is 29.1. The lowest BCUT2D eigenvalue weighted by atomic mass is 9.48. The molecule has 10 atom stereocenters. The van der Waals surface area contributed by atoms with Crippen LogP contribution in [0.25, 0.3) is 0 Å². The minimum atomic E-state index is -1.39. The van der Waals surface area contributed by atoms with Crippen molar-refractivity contribution >= 4 is 23.7 Å². The Morgan fingerprint density at radius 2 is 1.51 bits per heavy atom. The maximum atomic E-state index is 14.6. The Kier molecular flexibility index (Phi) is 10.6. The molecule has 1 aromatic rings. The Balaban J connectivity index is 1.84. The highest BCUT2D eigenvalue weighted by Gasteiger charge is 2.62. The molecular weight excluding hydrogens is 602 g/mol. The van der Waals surface area contributed by atoms with Crippen molar-refractivity contribution in [2.24, 2.45) is 28.6 Å². The minimum Gasteiger partial charge on any atom is -0.458 e. The van der Waals surface area contributed by atoms with Gasteiger partial charge in [-0.1, -0.05) is 63.3 Å². The quantitative estimate of drug-likeness (QED) is 0.237. The molecule has 4 rings (SSSR count). The molecule has 0 heterocycles. The van der Waals surface area contributed by atoms with Gasteiger partial charge in [-0.3, -0.25) is 24.1 Å². The van der Waals surface area contributed by atoms with Crippen molar-refractivity contribution in [2.45, 2.75) is 104 Å². The highest BCUT2D eigenvalue weighted by molar-refractivity contribution is 5.90. The van der Waals surface area contributed by atoms with E-state index in [1.165, 1.54) is 20.8 Å². The molecule has 258 valence electrons. The number of benzene rings is 1. The summed E-state index contributed by atoms with van der Waals surface area (Å²) < 4.78 is 17.4. The lowest BCUT2D eigenvalue weighted by Gasteiger charge is -2.59. The van der Waals surface area contributed by atoms with E-state index in [0.29, 0.717) is 29.6 Å². The third kappa shape index (κ3) is 6.69. The monoisotopic (exact) mass is 653 g/mol. The molecule has 0 spiro atoms. The number of Topliss-reactive ketones (excluding diaryl/α,β-unsaturated/α-hetero) is 1. The molecule has 47 heavy (non-hydrogen) atoms. The van der Waals surface area contributed by atoms with Crippen LogP contribution >= 0.6 is 0 Å². The third-order valence-corrected chi connectivity index (χ3v) is 11.2. The molecule has 3 aliphatic carbocycles. The maximum Gasteiger partial charge on any atom is 0.303 e. The van der Waals surface area contributed by atoms with Gasteiger partial charge >= 0.3 is 17.9 Å². The molecule has 0 radical (unpaired) electrons. The summed E-state index contributed by atoms with van der Waals surface area (Å²) in [6, 6.07) is 8.69. The van der Waals surface area contributed by atoms with Gasteiger partial charge in [0, 0.05) is 32.1 Å². The van der Waals surface area contributed by atoms with Gasteiger partial charge in [0.25, 0.3) is 0 Å². The molecular formula is C37H51NO9. The molecule has 0 saturated heterocycles. The summed E-state index contributed by atoms with van der Waals surface area (Å²) in [4.78, 5) is 53.5. The van der Waals surface area contributed by atoms with E-state index in [2.05, 4.69) is 6.58 Å². The smallest absolute Gasteiger partial charge is 0.303 e. The summed E-state index contributed by atoms with van der Waals surface area (Å²) in [6.07, 6.45) is -4.73. The van der Waals surface area contributed by atoms with Crippen molar-refractivity contribution in [3.8, 4) is 0 Å². The van der Waals surface area contributed by atoms with Gasteiger partial charge in [-0.05, 0) is 74.2 Å². The van der Waals surface area contributed by atoms with Gasteiger partial charge in [0.1, 0.15) is 12.2 Å². The van der Waals surface area contributed by atoms with Crippen molar-refractivity contribution in [3.05, 3.63) is 59.2 Å². The zero-order chi connectivity index (χ0) is 35.2. The lowest BCUT2D eigenvalue weighted by Crippen LogP contribution is -2.63.